The Morgan fingerprint density at radius 1 is 0.970 bits per heavy atom. The predicted molar refractivity (Wildman–Crippen MR) is 136 cm³/mol. The molecule has 0 radical (unpaired) electrons. The van der Waals surface area contributed by atoms with Gasteiger partial charge in [-0.3, -0.25) is 9.69 Å². The summed E-state index contributed by atoms with van der Waals surface area (Å²) in [5.74, 6) is -0.190. The summed E-state index contributed by atoms with van der Waals surface area (Å²) in [5.41, 5.74) is 3.63. The van der Waals surface area contributed by atoms with Crippen molar-refractivity contribution in [2.24, 2.45) is 0 Å². The molecule has 9 heteroatoms. The molecule has 0 unspecified atom stereocenters. The number of hydrogen-bond donors (Lipinski definition) is 0. The van der Waals surface area contributed by atoms with Crippen molar-refractivity contribution in [2.75, 3.05) is 45.2 Å². The summed E-state index contributed by atoms with van der Waals surface area (Å²) in [6, 6.07) is 10.2. The Morgan fingerprint density at radius 2 is 1.61 bits per heavy atom. The van der Waals surface area contributed by atoms with Crippen molar-refractivity contribution in [3.63, 3.8) is 0 Å². The van der Waals surface area contributed by atoms with E-state index in [0.717, 1.165) is 45.3 Å². The van der Waals surface area contributed by atoms with Crippen molar-refractivity contribution >= 4 is 42.6 Å². The Morgan fingerprint density at radius 3 is 2.18 bits per heavy atom. The molecule has 1 amide bonds. The third-order valence-electron chi connectivity index (χ3n) is 5.96. The van der Waals surface area contributed by atoms with Crippen LogP contribution in [0.15, 0.2) is 41.3 Å². The maximum absolute atomic E-state index is 13.6. The largest absolute Gasteiger partial charge is 0.302 e. The molecular formula is C24H32N4O3S2. The number of thiazole rings is 1. The number of amides is 1. The minimum Gasteiger partial charge on any atom is -0.302 e. The molecule has 178 valence electrons. The van der Waals surface area contributed by atoms with Crippen molar-refractivity contribution in [3.8, 4) is 0 Å². The summed E-state index contributed by atoms with van der Waals surface area (Å²) in [7, 11) is -0.582. The first-order chi connectivity index (χ1) is 15.6. The zero-order chi connectivity index (χ0) is 24.3. The van der Waals surface area contributed by atoms with Gasteiger partial charge in [0.15, 0.2) is 5.13 Å². The monoisotopic (exact) mass is 488 g/mol. The summed E-state index contributed by atoms with van der Waals surface area (Å²) >= 11 is 1.50. The van der Waals surface area contributed by atoms with Crippen LogP contribution in [0.5, 0.6) is 0 Å². The van der Waals surface area contributed by atoms with E-state index < -0.39 is 10.0 Å². The van der Waals surface area contributed by atoms with Crippen molar-refractivity contribution in [3.05, 3.63) is 53.1 Å². The van der Waals surface area contributed by atoms with Crippen molar-refractivity contribution in [2.45, 2.75) is 32.6 Å². The molecule has 0 aliphatic heterocycles. The van der Waals surface area contributed by atoms with Gasteiger partial charge in [0, 0.05) is 32.7 Å². The SMILES string of the molecule is CCN(CC)CCN(C(=O)c1ccc(S(=O)(=O)N(C)C)cc1)c1nc2c(C)c(C)ccc2s1. The highest BCUT2D eigenvalue weighted by Crippen LogP contribution is 2.32. The first-order valence-electron chi connectivity index (χ1n) is 11.0. The Labute approximate surface area is 200 Å². The van der Waals surface area contributed by atoms with Crippen LogP contribution in [0.25, 0.3) is 10.2 Å². The number of sulfonamides is 1. The number of likely N-dealkylation sites (N-methyl/N-ethyl adjacent to an activating group) is 1. The van der Waals surface area contributed by atoms with Gasteiger partial charge in [-0.15, -0.1) is 0 Å². The third kappa shape index (κ3) is 5.27. The van der Waals surface area contributed by atoms with Crippen LogP contribution < -0.4 is 4.90 Å². The average molecular weight is 489 g/mol. The molecule has 1 heterocycles. The molecular weight excluding hydrogens is 456 g/mol. The Kier molecular flexibility index (Phi) is 7.89. The molecule has 2 aromatic carbocycles. The zero-order valence-corrected chi connectivity index (χ0v) is 21.8. The van der Waals surface area contributed by atoms with Gasteiger partial charge in [-0.05, 0) is 68.4 Å². The molecule has 0 saturated carbocycles. The van der Waals surface area contributed by atoms with E-state index in [1.54, 1.807) is 17.0 Å². The maximum atomic E-state index is 13.6. The smallest absolute Gasteiger partial charge is 0.260 e. The quantitative estimate of drug-likeness (QED) is 0.452. The fraction of sp³-hybridized carbons (Fsp3) is 0.417. The maximum Gasteiger partial charge on any atom is 0.260 e. The second-order valence-corrected chi connectivity index (χ2v) is 11.3. The molecule has 0 aliphatic carbocycles. The lowest BCUT2D eigenvalue weighted by molar-refractivity contribution is 0.0983. The van der Waals surface area contributed by atoms with E-state index in [-0.39, 0.29) is 10.8 Å². The van der Waals surface area contributed by atoms with E-state index >= 15 is 0 Å². The molecule has 33 heavy (non-hydrogen) atoms. The number of rotatable bonds is 9. The lowest BCUT2D eigenvalue weighted by Crippen LogP contribution is -2.38. The first-order valence-corrected chi connectivity index (χ1v) is 13.3. The first kappa shape index (κ1) is 25.3. The molecule has 0 N–H and O–H groups in total. The summed E-state index contributed by atoms with van der Waals surface area (Å²) in [6.07, 6.45) is 0. The molecule has 3 rings (SSSR count). The highest BCUT2D eigenvalue weighted by atomic mass is 32.2. The normalized spacial score (nSPS) is 12.1. The van der Waals surface area contributed by atoms with Gasteiger partial charge in [-0.25, -0.2) is 17.7 Å². The number of benzene rings is 2. The van der Waals surface area contributed by atoms with Gasteiger partial charge in [-0.1, -0.05) is 31.3 Å². The molecule has 0 saturated heterocycles. The minimum absolute atomic E-state index is 0.157. The summed E-state index contributed by atoms with van der Waals surface area (Å²) in [5, 5.41) is 0.654. The van der Waals surface area contributed by atoms with Crippen LogP contribution in [0.2, 0.25) is 0 Å². The van der Waals surface area contributed by atoms with Gasteiger partial charge >= 0.3 is 0 Å². The average Bonchev–Trinajstić information content (AvgIpc) is 3.23. The Hall–Kier alpha value is -2.33. The number of hydrogen-bond acceptors (Lipinski definition) is 6. The van der Waals surface area contributed by atoms with E-state index in [2.05, 4.69) is 31.7 Å². The van der Waals surface area contributed by atoms with Crippen LogP contribution in [0.1, 0.15) is 35.3 Å². The van der Waals surface area contributed by atoms with Crippen molar-refractivity contribution in [1.82, 2.24) is 14.2 Å². The topological polar surface area (TPSA) is 73.8 Å². The zero-order valence-electron chi connectivity index (χ0n) is 20.1. The summed E-state index contributed by atoms with van der Waals surface area (Å²) in [4.78, 5) is 22.5. The molecule has 3 aromatic rings. The Bertz CT molecular complexity index is 1230. The number of carbonyl (C=O) groups excluding carboxylic acids is 1. The van der Waals surface area contributed by atoms with E-state index in [9.17, 15) is 13.2 Å². The van der Waals surface area contributed by atoms with Crippen LogP contribution >= 0.6 is 11.3 Å². The van der Waals surface area contributed by atoms with Crippen molar-refractivity contribution in [1.29, 1.82) is 0 Å². The van der Waals surface area contributed by atoms with Crippen molar-refractivity contribution < 1.29 is 13.2 Å². The van der Waals surface area contributed by atoms with Crippen LogP contribution in [0.4, 0.5) is 5.13 Å². The summed E-state index contributed by atoms with van der Waals surface area (Å²) < 4.78 is 27.0. The van der Waals surface area contributed by atoms with Gasteiger partial charge in [-0.2, -0.15) is 0 Å². The highest BCUT2D eigenvalue weighted by Gasteiger charge is 2.24. The Balaban J connectivity index is 1.99. The number of aryl methyl sites for hydroxylation is 2. The summed E-state index contributed by atoms with van der Waals surface area (Å²) in [6.45, 7) is 11.3. The van der Waals surface area contributed by atoms with Crippen LogP contribution in [-0.4, -0.2) is 68.8 Å². The molecule has 0 bridgehead atoms. The fourth-order valence-corrected chi connectivity index (χ4v) is 5.48. The lowest BCUT2D eigenvalue weighted by Gasteiger charge is -2.25. The van der Waals surface area contributed by atoms with Gasteiger partial charge in [0.25, 0.3) is 5.91 Å². The molecule has 0 spiro atoms. The minimum atomic E-state index is -3.55. The van der Waals surface area contributed by atoms with Gasteiger partial charge in [0.2, 0.25) is 10.0 Å². The van der Waals surface area contributed by atoms with Crippen LogP contribution in [0, 0.1) is 13.8 Å². The standard InChI is InChI=1S/C24H32N4O3S2/c1-7-27(8-2)15-16-28(24-25-22-18(4)17(3)9-14-21(22)32-24)23(29)19-10-12-20(13-11-19)33(30,31)26(5)6/h9-14H,7-8,15-16H2,1-6H3. The number of nitrogens with zero attached hydrogens (tertiary/aromatic N) is 4. The number of fused-ring (bicyclic) bond motifs is 1. The second kappa shape index (κ2) is 10.3. The van der Waals surface area contributed by atoms with Crippen LogP contribution in [-0.2, 0) is 10.0 Å². The molecule has 0 atom stereocenters. The van der Waals surface area contributed by atoms with E-state index in [1.165, 1.54) is 37.6 Å². The van der Waals surface area contributed by atoms with Crippen LogP contribution in [0.3, 0.4) is 0 Å². The van der Waals surface area contributed by atoms with E-state index in [4.69, 9.17) is 4.98 Å². The molecule has 1 aromatic heterocycles. The van der Waals surface area contributed by atoms with E-state index in [0.29, 0.717) is 17.2 Å². The fourth-order valence-electron chi connectivity index (χ4n) is 3.53. The van der Waals surface area contributed by atoms with E-state index in [1.807, 2.05) is 13.0 Å². The van der Waals surface area contributed by atoms with Gasteiger partial charge < -0.3 is 4.90 Å². The number of aromatic nitrogens is 1. The van der Waals surface area contributed by atoms with Gasteiger partial charge in [0.05, 0.1) is 15.1 Å². The second-order valence-electron chi connectivity index (χ2n) is 8.15. The predicted octanol–water partition coefficient (Wildman–Crippen LogP) is 4.15. The number of carbonyl (C=O) groups is 1. The highest BCUT2D eigenvalue weighted by molar-refractivity contribution is 7.89. The number of anilines is 1. The molecule has 7 nitrogen and oxygen atoms in total. The molecule has 0 aliphatic rings. The lowest BCUT2D eigenvalue weighted by atomic mass is 10.1. The molecule has 0 fully saturated rings. The van der Waals surface area contributed by atoms with Gasteiger partial charge in [0.1, 0.15) is 0 Å². The third-order valence-corrected chi connectivity index (χ3v) is 8.84.